The van der Waals surface area contributed by atoms with Gasteiger partial charge in [0, 0.05) is 21.5 Å². The highest BCUT2D eigenvalue weighted by atomic mass is 35.5. The second-order valence-corrected chi connectivity index (χ2v) is 8.55. The first-order valence-corrected chi connectivity index (χ1v) is 11.2. The standard InChI is InChI=1S/C26H28ClNO2/c1-2-3-18-30-24-15-14-23(21-8-4-5-9-22(21)24)28-25(29)26(16-6-7-17-26)19-10-12-20(27)13-11-19/h4-5,8-15H,2-3,6-7,16-18H2,1H3,(H,28,29). The molecular weight excluding hydrogens is 394 g/mol. The van der Waals surface area contributed by atoms with Crippen LogP contribution in [-0.4, -0.2) is 12.5 Å². The van der Waals surface area contributed by atoms with Gasteiger partial charge in [-0.05, 0) is 49.1 Å². The molecule has 156 valence electrons. The van der Waals surface area contributed by atoms with Gasteiger partial charge in [0.25, 0.3) is 0 Å². The van der Waals surface area contributed by atoms with E-state index in [1.807, 2.05) is 54.6 Å². The summed E-state index contributed by atoms with van der Waals surface area (Å²) in [7, 11) is 0. The average Bonchev–Trinajstić information content (AvgIpc) is 3.27. The van der Waals surface area contributed by atoms with Crippen LogP contribution in [0.2, 0.25) is 5.02 Å². The molecule has 1 N–H and O–H groups in total. The van der Waals surface area contributed by atoms with Crippen LogP contribution in [0, 0.1) is 0 Å². The van der Waals surface area contributed by atoms with E-state index in [-0.39, 0.29) is 5.91 Å². The van der Waals surface area contributed by atoms with Gasteiger partial charge < -0.3 is 10.1 Å². The largest absolute Gasteiger partial charge is 0.493 e. The molecule has 1 saturated carbocycles. The fourth-order valence-electron chi connectivity index (χ4n) is 4.47. The highest BCUT2D eigenvalue weighted by Crippen LogP contribution is 2.43. The summed E-state index contributed by atoms with van der Waals surface area (Å²) in [5, 5.41) is 5.97. The lowest BCUT2D eigenvalue weighted by molar-refractivity contribution is -0.121. The molecule has 0 spiro atoms. The number of rotatable bonds is 7. The van der Waals surface area contributed by atoms with E-state index in [1.165, 1.54) is 0 Å². The molecule has 0 saturated heterocycles. The molecule has 1 aliphatic carbocycles. The monoisotopic (exact) mass is 421 g/mol. The fraction of sp³-hybridized carbons (Fsp3) is 0.346. The number of fused-ring (bicyclic) bond motifs is 1. The molecule has 3 aromatic rings. The van der Waals surface area contributed by atoms with Crippen LogP contribution >= 0.6 is 11.6 Å². The summed E-state index contributed by atoms with van der Waals surface area (Å²) >= 11 is 6.09. The second-order valence-electron chi connectivity index (χ2n) is 8.11. The number of hydrogen-bond acceptors (Lipinski definition) is 2. The lowest BCUT2D eigenvalue weighted by atomic mass is 9.78. The van der Waals surface area contributed by atoms with E-state index < -0.39 is 5.41 Å². The number of halogens is 1. The summed E-state index contributed by atoms with van der Waals surface area (Å²) < 4.78 is 5.99. The van der Waals surface area contributed by atoms with Crippen LogP contribution in [0.25, 0.3) is 10.8 Å². The van der Waals surface area contributed by atoms with Gasteiger partial charge in [-0.1, -0.05) is 74.2 Å². The summed E-state index contributed by atoms with van der Waals surface area (Å²) in [6, 6.07) is 19.8. The van der Waals surface area contributed by atoms with Crippen LogP contribution in [0.3, 0.4) is 0 Å². The molecular formula is C26H28ClNO2. The van der Waals surface area contributed by atoms with E-state index in [9.17, 15) is 4.79 Å². The molecule has 0 bridgehead atoms. The van der Waals surface area contributed by atoms with Crippen LogP contribution in [0.15, 0.2) is 60.7 Å². The molecule has 0 aromatic heterocycles. The Balaban J connectivity index is 1.65. The highest BCUT2D eigenvalue weighted by Gasteiger charge is 2.42. The molecule has 0 unspecified atom stereocenters. The predicted molar refractivity (Wildman–Crippen MR) is 125 cm³/mol. The number of anilines is 1. The van der Waals surface area contributed by atoms with E-state index in [1.54, 1.807) is 0 Å². The average molecular weight is 422 g/mol. The second kappa shape index (κ2) is 9.09. The van der Waals surface area contributed by atoms with Gasteiger partial charge in [-0.3, -0.25) is 4.79 Å². The Bertz CT molecular complexity index is 1020. The Labute approximate surface area is 183 Å². The van der Waals surface area contributed by atoms with Crippen molar-refractivity contribution in [2.75, 3.05) is 11.9 Å². The van der Waals surface area contributed by atoms with Crippen molar-refractivity contribution < 1.29 is 9.53 Å². The first kappa shape index (κ1) is 20.7. The number of hydrogen-bond donors (Lipinski definition) is 1. The zero-order valence-electron chi connectivity index (χ0n) is 17.4. The third-order valence-corrected chi connectivity index (χ3v) is 6.43. The third-order valence-electron chi connectivity index (χ3n) is 6.18. The molecule has 1 fully saturated rings. The van der Waals surface area contributed by atoms with E-state index in [0.717, 1.165) is 66.3 Å². The van der Waals surface area contributed by atoms with Gasteiger partial charge in [0.2, 0.25) is 5.91 Å². The normalized spacial score (nSPS) is 15.3. The zero-order chi connectivity index (χ0) is 21.0. The minimum absolute atomic E-state index is 0.0622. The molecule has 1 aliphatic rings. The molecule has 0 heterocycles. The number of ether oxygens (including phenoxy) is 1. The van der Waals surface area contributed by atoms with Crippen molar-refractivity contribution in [2.24, 2.45) is 0 Å². The lowest BCUT2D eigenvalue weighted by Crippen LogP contribution is -2.38. The van der Waals surface area contributed by atoms with Crippen molar-refractivity contribution in [1.82, 2.24) is 0 Å². The number of benzene rings is 3. The van der Waals surface area contributed by atoms with Gasteiger partial charge in [-0.15, -0.1) is 0 Å². The van der Waals surface area contributed by atoms with Gasteiger partial charge in [-0.2, -0.15) is 0 Å². The van der Waals surface area contributed by atoms with Gasteiger partial charge in [0.05, 0.1) is 12.0 Å². The highest BCUT2D eigenvalue weighted by molar-refractivity contribution is 6.30. The Morgan fingerprint density at radius 2 is 1.70 bits per heavy atom. The number of carbonyl (C=O) groups excluding carboxylic acids is 1. The molecule has 4 rings (SSSR count). The molecule has 3 aromatic carbocycles. The summed E-state index contributed by atoms with van der Waals surface area (Å²) in [5.74, 6) is 0.928. The summed E-state index contributed by atoms with van der Waals surface area (Å²) in [6.07, 6.45) is 5.95. The lowest BCUT2D eigenvalue weighted by Gasteiger charge is -2.29. The zero-order valence-corrected chi connectivity index (χ0v) is 18.2. The smallest absolute Gasteiger partial charge is 0.235 e. The Hall–Kier alpha value is -2.52. The topological polar surface area (TPSA) is 38.3 Å². The van der Waals surface area contributed by atoms with Gasteiger partial charge in [-0.25, -0.2) is 0 Å². The third kappa shape index (κ3) is 4.04. The Morgan fingerprint density at radius 1 is 1.00 bits per heavy atom. The SMILES string of the molecule is CCCCOc1ccc(NC(=O)C2(c3ccc(Cl)cc3)CCCC2)c2ccccc12. The minimum atomic E-state index is -0.498. The molecule has 3 nitrogen and oxygen atoms in total. The van der Waals surface area contributed by atoms with Crippen LogP contribution in [-0.2, 0) is 10.2 Å². The first-order valence-electron chi connectivity index (χ1n) is 10.9. The van der Waals surface area contributed by atoms with Crippen LogP contribution in [0.4, 0.5) is 5.69 Å². The maximum Gasteiger partial charge on any atom is 0.235 e. The van der Waals surface area contributed by atoms with E-state index in [0.29, 0.717) is 11.6 Å². The van der Waals surface area contributed by atoms with E-state index >= 15 is 0 Å². The van der Waals surface area contributed by atoms with Crippen LogP contribution in [0.5, 0.6) is 5.75 Å². The quantitative estimate of drug-likeness (QED) is 0.412. The molecule has 0 atom stereocenters. The maximum absolute atomic E-state index is 13.6. The van der Waals surface area contributed by atoms with Crippen molar-refractivity contribution in [2.45, 2.75) is 50.9 Å². The molecule has 4 heteroatoms. The van der Waals surface area contributed by atoms with Crippen molar-refractivity contribution in [1.29, 1.82) is 0 Å². The summed E-state index contributed by atoms with van der Waals surface area (Å²) in [6.45, 7) is 2.85. The fourth-order valence-corrected chi connectivity index (χ4v) is 4.60. The van der Waals surface area contributed by atoms with Crippen molar-refractivity contribution in [3.8, 4) is 5.75 Å². The van der Waals surface area contributed by atoms with Crippen molar-refractivity contribution >= 4 is 34.0 Å². The van der Waals surface area contributed by atoms with E-state index in [4.69, 9.17) is 16.3 Å². The van der Waals surface area contributed by atoms with E-state index in [2.05, 4.69) is 18.3 Å². The number of carbonyl (C=O) groups is 1. The van der Waals surface area contributed by atoms with Crippen molar-refractivity contribution in [3.63, 3.8) is 0 Å². The molecule has 30 heavy (non-hydrogen) atoms. The number of amides is 1. The number of nitrogens with one attached hydrogen (secondary N) is 1. The summed E-state index contributed by atoms with van der Waals surface area (Å²) in [4.78, 5) is 13.6. The van der Waals surface area contributed by atoms with Gasteiger partial charge in [0.15, 0.2) is 0 Å². The maximum atomic E-state index is 13.6. The molecule has 0 radical (unpaired) electrons. The van der Waals surface area contributed by atoms with Crippen molar-refractivity contribution in [3.05, 3.63) is 71.2 Å². The molecule has 0 aliphatic heterocycles. The Kier molecular flexibility index (Phi) is 6.29. The molecule has 1 amide bonds. The van der Waals surface area contributed by atoms with Gasteiger partial charge in [0.1, 0.15) is 5.75 Å². The Morgan fingerprint density at radius 3 is 2.40 bits per heavy atom. The van der Waals surface area contributed by atoms with Crippen LogP contribution < -0.4 is 10.1 Å². The minimum Gasteiger partial charge on any atom is -0.493 e. The van der Waals surface area contributed by atoms with Crippen LogP contribution in [0.1, 0.15) is 51.0 Å². The predicted octanol–water partition coefficient (Wildman–Crippen LogP) is 7.12. The first-order chi connectivity index (χ1) is 14.6. The van der Waals surface area contributed by atoms with Gasteiger partial charge >= 0.3 is 0 Å². The number of unbranched alkanes of at least 4 members (excludes halogenated alkanes) is 1. The summed E-state index contributed by atoms with van der Waals surface area (Å²) in [5.41, 5.74) is 1.38.